The van der Waals surface area contributed by atoms with E-state index < -0.39 is 12.1 Å². The molecule has 1 aliphatic rings. The van der Waals surface area contributed by atoms with Crippen molar-refractivity contribution in [2.24, 2.45) is 0 Å². The van der Waals surface area contributed by atoms with E-state index in [4.69, 9.17) is 5.26 Å². The van der Waals surface area contributed by atoms with E-state index in [2.05, 4.69) is 5.32 Å². The molecule has 1 aliphatic carbocycles. The lowest BCUT2D eigenvalue weighted by molar-refractivity contribution is 0.0862. The number of rotatable bonds is 2. The summed E-state index contributed by atoms with van der Waals surface area (Å²) in [6, 6.07) is 10.9. The van der Waals surface area contributed by atoms with Crippen molar-refractivity contribution in [3.8, 4) is 6.07 Å². The number of thiophene rings is 1. The number of hydrogen-bond donors (Lipinski definition) is 2. The molecule has 1 aromatic carbocycles. The molecule has 0 saturated carbocycles. The third kappa shape index (κ3) is 2.09. The van der Waals surface area contributed by atoms with Crippen molar-refractivity contribution in [2.75, 3.05) is 0 Å². The highest BCUT2D eigenvalue weighted by Crippen LogP contribution is 2.31. The summed E-state index contributed by atoms with van der Waals surface area (Å²) >= 11 is 1.23. The van der Waals surface area contributed by atoms with E-state index in [0.717, 1.165) is 11.1 Å². The van der Waals surface area contributed by atoms with Gasteiger partial charge in [-0.2, -0.15) is 5.26 Å². The molecule has 5 heteroatoms. The highest BCUT2D eigenvalue weighted by molar-refractivity contribution is 7.12. The summed E-state index contributed by atoms with van der Waals surface area (Å²) in [4.78, 5) is 12.6. The molecular formula is C15H12N2O2S. The van der Waals surface area contributed by atoms with Crippen LogP contribution in [0.3, 0.4) is 0 Å². The van der Waals surface area contributed by atoms with Crippen LogP contribution in [0.25, 0.3) is 0 Å². The first kappa shape index (κ1) is 12.9. The molecule has 0 saturated heterocycles. The molecule has 2 N–H and O–H groups in total. The van der Waals surface area contributed by atoms with Gasteiger partial charge in [-0.05, 0) is 22.6 Å². The molecule has 0 spiro atoms. The predicted molar refractivity (Wildman–Crippen MR) is 75.4 cm³/mol. The number of hydrogen-bond acceptors (Lipinski definition) is 4. The molecular weight excluding hydrogens is 272 g/mol. The summed E-state index contributed by atoms with van der Waals surface area (Å²) in [7, 11) is 0. The van der Waals surface area contributed by atoms with E-state index in [1.165, 1.54) is 11.3 Å². The third-order valence-corrected chi connectivity index (χ3v) is 4.40. The Morgan fingerprint density at radius 3 is 3.00 bits per heavy atom. The Kier molecular flexibility index (Phi) is 3.26. The van der Waals surface area contributed by atoms with Crippen LogP contribution in [-0.4, -0.2) is 17.1 Å². The van der Waals surface area contributed by atoms with Crippen molar-refractivity contribution in [1.29, 1.82) is 5.26 Å². The van der Waals surface area contributed by atoms with Crippen molar-refractivity contribution < 1.29 is 9.90 Å². The van der Waals surface area contributed by atoms with Gasteiger partial charge >= 0.3 is 0 Å². The lowest BCUT2D eigenvalue weighted by atomic mass is 10.1. The number of aliphatic hydroxyl groups is 1. The van der Waals surface area contributed by atoms with Gasteiger partial charge in [-0.15, -0.1) is 11.3 Å². The number of carbonyl (C=O) groups is 1. The van der Waals surface area contributed by atoms with E-state index >= 15 is 0 Å². The van der Waals surface area contributed by atoms with Gasteiger partial charge in [0.2, 0.25) is 0 Å². The summed E-state index contributed by atoms with van der Waals surface area (Å²) in [5, 5.41) is 23.6. The first-order chi connectivity index (χ1) is 9.70. The van der Waals surface area contributed by atoms with E-state index in [9.17, 15) is 9.90 Å². The van der Waals surface area contributed by atoms with Crippen LogP contribution in [0.5, 0.6) is 0 Å². The second-order valence-corrected chi connectivity index (χ2v) is 5.61. The Hall–Kier alpha value is -2.16. The van der Waals surface area contributed by atoms with Crippen LogP contribution in [0.15, 0.2) is 35.7 Å². The molecule has 4 nitrogen and oxygen atoms in total. The molecule has 1 amide bonds. The number of nitrogens with one attached hydrogen (secondary N) is 1. The van der Waals surface area contributed by atoms with Crippen LogP contribution < -0.4 is 5.32 Å². The van der Waals surface area contributed by atoms with Crippen molar-refractivity contribution in [3.05, 3.63) is 57.3 Å². The Labute approximate surface area is 120 Å². The molecule has 2 unspecified atom stereocenters. The van der Waals surface area contributed by atoms with Gasteiger partial charge in [0.05, 0.1) is 17.7 Å². The first-order valence-corrected chi connectivity index (χ1v) is 7.13. The lowest BCUT2D eigenvalue weighted by Crippen LogP contribution is -2.33. The number of nitriles is 1. The molecule has 3 rings (SSSR count). The van der Waals surface area contributed by atoms with Crippen molar-refractivity contribution in [1.82, 2.24) is 5.32 Å². The molecule has 0 radical (unpaired) electrons. The van der Waals surface area contributed by atoms with Crippen LogP contribution in [0, 0.1) is 11.3 Å². The second kappa shape index (κ2) is 5.08. The van der Waals surface area contributed by atoms with Crippen molar-refractivity contribution in [2.45, 2.75) is 18.6 Å². The monoisotopic (exact) mass is 284 g/mol. The number of aliphatic hydroxyl groups excluding tert-OH is 1. The van der Waals surface area contributed by atoms with Crippen LogP contribution in [0.1, 0.15) is 32.4 Å². The third-order valence-electron chi connectivity index (χ3n) is 3.48. The van der Waals surface area contributed by atoms with E-state index in [1.807, 2.05) is 30.3 Å². The van der Waals surface area contributed by atoms with Crippen molar-refractivity contribution >= 4 is 17.2 Å². The van der Waals surface area contributed by atoms with Crippen LogP contribution >= 0.6 is 11.3 Å². The largest absolute Gasteiger partial charge is 0.390 e. The van der Waals surface area contributed by atoms with Gasteiger partial charge in [-0.25, -0.2) is 0 Å². The fourth-order valence-corrected chi connectivity index (χ4v) is 3.27. The number of carbonyl (C=O) groups excluding carboxylic acids is 1. The Morgan fingerprint density at radius 2 is 2.20 bits per heavy atom. The Balaban J connectivity index is 1.85. The van der Waals surface area contributed by atoms with Crippen LogP contribution in [0.4, 0.5) is 0 Å². The predicted octanol–water partition coefficient (Wildman–Crippen LogP) is 2.01. The van der Waals surface area contributed by atoms with Gasteiger partial charge in [-0.1, -0.05) is 24.3 Å². The Bertz CT molecular complexity index is 702. The smallest absolute Gasteiger partial charge is 0.263 e. The standard InChI is InChI=1S/C15H12N2O2S/c16-8-10-5-6-20-14(10)15(19)17-13-11-4-2-1-3-9(11)7-12(13)18/h1-6,12-13,18H,7H2,(H,17,19). The molecule has 0 aliphatic heterocycles. The minimum Gasteiger partial charge on any atom is -0.390 e. The summed E-state index contributed by atoms with van der Waals surface area (Å²) in [6.45, 7) is 0. The van der Waals surface area contributed by atoms with Gasteiger partial charge in [0.25, 0.3) is 5.91 Å². The molecule has 1 heterocycles. The fourth-order valence-electron chi connectivity index (χ4n) is 2.53. The van der Waals surface area contributed by atoms with Gasteiger partial charge in [-0.3, -0.25) is 4.79 Å². The first-order valence-electron chi connectivity index (χ1n) is 6.25. The SMILES string of the molecule is N#Cc1ccsc1C(=O)NC1c2ccccc2CC1O. The van der Waals surface area contributed by atoms with Crippen LogP contribution in [-0.2, 0) is 6.42 Å². The van der Waals surface area contributed by atoms with Gasteiger partial charge in [0, 0.05) is 6.42 Å². The molecule has 2 aromatic rings. The number of amides is 1. The topological polar surface area (TPSA) is 73.1 Å². The second-order valence-electron chi connectivity index (χ2n) is 4.70. The maximum absolute atomic E-state index is 12.2. The number of nitrogens with zero attached hydrogens (tertiary/aromatic N) is 1. The van der Waals surface area contributed by atoms with Crippen molar-refractivity contribution in [3.63, 3.8) is 0 Å². The quantitative estimate of drug-likeness (QED) is 0.886. The van der Waals surface area contributed by atoms with Crippen LogP contribution in [0.2, 0.25) is 0 Å². The summed E-state index contributed by atoms with van der Waals surface area (Å²) in [5.74, 6) is -0.308. The molecule has 1 aromatic heterocycles. The zero-order valence-corrected chi connectivity index (χ0v) is 11.4. The lowest BCUT2D eigenvalue weighted by Gasteiger charge is -2.17. The molecule has 100 valence electrons. The summed E-state index contributed by atoms with van der Waals surface area (Å²) < 4.78 is 0. The van der Waals surface area contributed by atoms with E-state index in [1.54, 1.807) is 11.4 Å². The molecule has 2 atom stereocenters. The van der Waals surface area contributed by atoms with E-state index in [-0.39, 0.29) is 5.91 Å². The summed E-state index contributed by atoms with van der Waals surface area (Å²) in [6.07, 6.45) is -0.0849. The maximum Gasteiger partial charge on any atom is 0.263 e. The van der Waals surface area contributed by atoms with Gasteiger partial charge in [0.15, 0.2) is 0 Å². The molecule has 20 heavy (non-hydrogen) atoms. The number of benzene rings is 1. The fraction of sp³-hybridized carbons (Fsp3) is 0.200. The highest BCUT2D eigenvalue weighted by Gasteiger charge is 2.32. The van der Waals surface area contributed by atoms with Gasteiger partial charge in [0.1, 0.15) is 10.9 Å². The number of fused-ring (bicyclic) bond motifs is 1. The minimum absolute atomic E-state index is 0.308. The average Bonchev–Trinajstić information content (AvgIpc) is 3.04. The maximum atomic E-state index is 12.2. The minimum atomic E-state index is -0.623. The molecule has 0 fully saturated rings. The highest BCUT2D eigenvalue weighted by atomic mass is 32.1. The zero-order valence-electron chi connectivity index (χ0n) is 10.5. The molecule has 0 bridgehead atoms. The Morgan fingerprint density at radius 1 is 1.40 bits per heavy atom. The van der Waals surface area contributed by atoms with Gasteiger partial charge < -0.3 is 10.4 Å². The average molecular weight is 284 g/mol. The van der Waals surface area contributed by atoms with E-state index in [0.29, 0.717) is 16.9 Å². The normalized spacial score (nSPS) is 20.2. The summed E-state index contributed by atoms with van der Waals surface area (Å²) in [5.41, 5.74) is 2.37. The zero-order chi connectivity index (χ0) is 14.1.